The van der Waals surface area contributed by atoms with E-state index in [0.29, 0.717) is 10.7 Å². The Morgan fingerprint density at radius 3 is 2.67 bits per heavy atom. The molecule has 1 aromatic carbocycles. The molecule has 2 rings (SSSR count). The van der Waals surface area contributed by atoms with Crippen molar-refractivity contribution in [2.24, 2.45) is 12.8 Å². The van der Waals surface area contributed by atoms with E-state index in [4.69, 9.17) is 10.5 Å². The van der Waals surface area contributed by atoms with Crippen molar-refractivity contribution in [2.45, 2.75) is 10.7 Å². The van der Waals surface area contributed by atoms with E-state index >= 15 is 0 Å². The lowest BCUT2D eigenvalue weighted by atomic mass is 9.93. The lowest BCUT2D eigenvalue weighted by Crippen LogP contribution is -2.48. The first-order chi connectivity index (χ1) is 9.99. The number of nitrogens with zero attached hydrogens (tertiary/aromatic N) is 2. The Kier molecular flexibility index (Phi) is 4.49. The minimum atomic E-state index is -1.31. The van der Waals surface area contributed by atoms with Gasteiger partial charge in [0, 0.05) is 12.8 Å². The Labute approximate surface area is 125 Å². The van der Waals surface area contributed by atoms with Crippen molar-refractivity contribution in [3.05, 3.63) is 46.4 Å². The molecule has 2 aromatic rings. The van der Waals surface area contributed by atoms with E-state index in [9.17, 15) is 9.59 Å². The lowest BCUT2D eigenvalue weighted by molar-refractivity contribution is -0.146. The second kappa shape index (κ2) is 6.15. The summed E-state index contributed by atoms with van der Waals surface area (Å²) in [5.74, 6) is -0.344. The quantitative estimate of drug-likeness (QED) is 0.605. The van der Waals surface area contributed by atoms with E-state index in [1.54, 1.807) is 31.3 Å². The molecule has 7 nitrogen and oxygen atoms in total. The first kappa shape index (κ1) is 15.3. The Morgan fingerprint density at radius 1 is 1.48 bits per heavy atom. The number of aromatic nitrogens is 3. The molecule has 0 aliphatic carbocycles. The molecule has 0 bridgehead atoms. The molecule has 0 saturated carbocycles. The number of methoxy groups -OCH3 is 1. The van der Waals surface area contributed by atoms with Crippen LogP contribution >= 0.6 is 11.8 Å². The van der Waals surface area contributed by atoms with Gasteiger partial charge in [0.25, 0.3) is 0 Å². The minimum absolute atomic E-state index is 0.196. The summed E-state index contributed by atoms with van der Waals surface area (Å²) < 4.78 is 6.17. The maximum Gasteiger partial charge on any atom is 0.343 e. The average molecular weight is 308 g/mol. The number of benzene rings is 1. The number of carbonyl (C=O) groups is 1. The molecule has 1 unspecified atom stereocenters. The zero-order chi connectivity index (χ0) is 15.5. The van der Waals surface area contributed by atoms with Crippen LogP contribution in [0.2, 0.25) is 0 Å². The topological polar surface area (TPSA) is 103 Å². The molecular formula is C13H16N4O3S. The predicted molar refractivity (Wildman–Crippen MR) is 78.9 cm³/mol. The molecule has 1 heterocycles. The van der Waals surface area contributed by atoms with Crippen LogP contribution in [0.4, 0.5) is 0 Å². The van der Waals surface area contributed by atoms with Crippen molar-refractivity contribution in [3.8, 4) is 0 Å². The highest BCUT2D eigenvalue weighted by Crippen LogP contribution is 2.27. The fraction of sp³-hybridized carbons (Fsp3) is 0.308. The van der Waals surface area contributed by atoms with Crippen LogP contribution in [0, 0.1) is 0 Å². The van der Waals surface area contributed by atoms with Gasteiger partial charge in [-0.25, -0.2) is 14.7 Å². The number of thioether (sulfide) groups is 1. The van der Waals surface area contributed by atoms with Gasteiger partial charge in [-0.3, -0.25) is 4.57 Å². The van der Waals surface area contributed by atoms with E-state index in [0.717, 1.165) is 0 Å². The summed E-state index contributed by atoms with van der Waals surface area (Å²) >= 11 is 1.21. The van der Waals surface area contributed by atoms with Crippen LogP contribution in [-0.2, 0) is 22.1 Å². The Bertz CT molecular complexity index is 682. The largest absolute Gasteiger partial charge is 0.467 e. The van der Waals surface area contributed by atoms with Gasteiger partial charge in [-0.1, -0.05) is 42.1 Å². The van der Waals surface area contributed by atoms with E-state index < -0.39 is 11.5 Å². The second-order valence-electron chi connectivity index (χ2n) is 4.49. The number of esters is 1. The van der Waals surface area contributed by atoms with Crippen LogP contribution in [-0.4, -0.2) is 33.6 Å². The molecule has 0 saturated heterocycles. The molecule has 0 spiro atoms. The minimum Gasteiger partial charge on any atom is -0.467 e. The predicted octanol–water partition coefficient (Wildman–Crippen LogP) is 0.228. The first-order valence-electron chi connectivity index (χ1n) is 6.16. The van der Waals surface area contributed by atoms with Crippen LogP contribution in [0.1, 0.15) is 5.56 Å². The fourth-order valence-corrected chi connectivity index (χ4v) is 2.85. The van der Waals surface area contributed by atoms with Gasteiger partial charge in [-0.2, -0.15) is 0 Å². The summed E-state index contributed by atoms with van der Waals surface area (Å²) in [6.45, 7) is 0. The zero-order valence-electron chi connectivity index (χ0n) is 11.7. The summed E-state index contributed by atoms with van der Waals surface area (Å²) in [6, 6.07) is 8.97. The van der Waals surface area contributed by atoms with Gasteiger partial charge in [-0.15, -0.1) is 5.10 Å². The molecule has 8 heteroatoms. The number of aromatic amines is 1. The van der Waals surface area contributed by atoms with Crippen molar-refractivity contribution >= 4 is 17.7 Å². The Balaban J connectivity index is 2.28. The number of rotatable bonds is 5. The van der Waals surface area contributed by atoms with Gasteiger partial charge >= 0.3 is 11.7 Å². The molecule has 3 N–H and O–H groups in total. The smallest absolute Gasteiger partial charge is 0.343 e. The third-order valence-electron chi connectivity index (χ3n) is 3.11. The van der Waals surface area contributed by atoms with Crippen LogP contribution in [0.3, 0.4) is 0 Å². The monoisotopic (exact) mass is 308 g/mol. The second-order valence-corrected chi connectivity index (χ2v) is 5.43. The summed E-state index contributed by atoms with van der Waals surface area (Å²) in [5, 5.41) is 6.67. The van der Waals surface area contributed by atoms with Crippen LogP contribution in [0.5, 0.6) is 0 Å². The maximum absolute atomic E-state index is 12.1. The van der Waals surface area contributed by atoms with Crippen LogP contribution in [0.25, 0.3) is 0 Å². The summed E-state index contributed by atoms with van der Waals surface area (Å²) in [4.78, 5) is 23.4. The molecule has 0 amide bonds. The molecule has 1 atom stereocenters. The Hall–Kier alpha value is -2.06. The van der Waals surface area contributed by atoms with Gasteiger partial charge in [0.15, 0.2) is 5.16 Å². The van der Waals surface area contributed by atoms with Gasteiger partial charge in [0.1, 0.15) is 5.54 Å². The van der Waals surface area contributed by atoms with Crippen molar-refractivity contribution in [1.29, 1.82) is 0 Å². The number of hydrogen-bond donors (Lipinski definition) is 2. The van der Waals surface area contributed by atoms with E-state index in [-0.39, 0.29) is 11.4 Å². The van der Waals surface area contributed by atoms with Crippen molar-refractivity contribution in [2.75, 3.05) is 12.9 Å². The molecule has 0 fully saturated rings. The zero-order valence-corrected chi connectivity index (χ0v) is 12.5. The molecule has 112 valence electrons. The van der Waals surface area contributed by atoms with E-state index in [1.807, 2.05) is 6.07 Å². The molecule has 0 radical (unpaired) electrons. The number of nitrogens with two attached hydrogens (primary N) is 1. The SMILES string of the molecule is COC(=O)C(N)(CSc1n[nH]c(=O)n1C)c1ccccc1. The normalized spacial score (nSPS) is 13.7. The van der Waals surface area contributed by atoms with Crippen LogP contribution in [0.15, 0.2) is 40.3 Å². The van der Waals surface area contributed by atoms with Gasteiger partial charge < -0.3 is 10.5 Å². The fourth-order valence-electron chi connectivity index (χ4n) is 1.82. The van der Waals surface area contributed by atoms with E-state index in [1.165, 1.54) is 23.4 Å². The molecule has 0 aliphatic rings. The highest BCUT2D eigenvalue weighted by molar-refractivity contribution is 7.99. The summed E-state index contributed by atoms with van der Waals surface area (Å²) in [5.41, 5.74) is 5.27. The number of hydrogen-bond acceptors (Lipinski definition) is 6. The average Bonchev–Trinajstić information content (AvgIpc) is 2.84. The number of ether oxygens (including phenoxy) is 1. The molecule has 0 aliphatic heterocycles. The third-order valence-corrected chi connectivity index (χ3v) is 4.33. The number of carbonyl (C=O) groups excluding carboxylic acids is 1. The summed E-state index contributed by atoms with van der Waals surface area (Å²) in [6.07, 6.45) is 0. The molecule has 1 aromatic heterocycles. The van der Waals surface area contributed by atoms with Gasteiger partial charge in [-0.05, 0) is 5.56 Å². The molecular weight excluding hydrogens is 292 g/mol. The van der Waals surface area contributed by atoms with E-state index in [2.05, 4.69) is 10.2 Å². The van der Waals surface area contributed by atoms with Gasteiger partial charge in [0.2, 0.25) is 0 Å². The summed E-state index contributed by atoms with van der Waals surface area (Å²) in [7, 11) is 2.88. The van der Waals surface area contributed by atoms with Crippen LogP contribution < -0.4 is 11.4 Å². The Morgan fingerprint density at radius 2 is 2.14 bits per heavy atom. The number of H-pyrrole nitrogens is 1. The number of nitrogens with one attached hydrogen (secondary N) is 1. The standard InChI is InChI=1S/C13H16N4O3S/c1-17-11(19)15-16-12(17)21-8-13(14,10(18)20-2)9-6-4-3-5-7-9/h3-7H,8,14H2,1-2H3,(H,15,19). The lowest BCUT2D eigenvalue weighted by Gasteiger charge is -2.26. The maximum atomic E-state index is 12.1. The molecule has 21 heavy (non-hydrogen) atoms. The van der Waals surface area contributed by atoms with Crippen molar-refractivity contribution in [1.82, 2.24) is 14.8 Å². The van der Waals surface area contributed by atoms with Crippen molar-refractivity contribution < 1.29 is 9.53 Å². The van der Waals surface area contributed by atoms with Gasteiger partial charge in [0.05, 0.1) is 7.11 Å². The third kappa shape index (κ3) is 3.01. The first-order valence-corrected chi connectivity index (χ1v) is 7.14. The van der Waals surface area contributed by atoms with Crippen molar-refractivity contribution in [3.63, 3.8) is 0 Å². The highest BCUT2D eigenvalue weighted by Gasteiger charge is 2.37. The highest BCUT2D eigenvalue weighted by atomic mass is 32.2.